The maximum atomic E-state index is 2.92. The fraction of sp³-hybridized carbons (Fsp3) is 0.263. The SMILES string of the molecule is CC1=Cc2ccccc2N(P)C1c1ccccc1C(C)C. The Bertz CT molecular complexity index is 687. The minimum Gasteiger partial charge on any atom is -0.344 e. The van der Waals surface area contributed by atoms with Crippen molar-refractivity contribution in [3.8, 4) is 0 Å². The molecule has 0 fully saturated rings. The summed E-state index contributed by atoms with van der Waals surface area (Å²) in [6.45, 7) is 6.76. The Kier molecular flexibility index (Phi) is 3.87. The van der Waals surface area contributed by atoms with Gasteiger partial charge in [0, 0.05) is 5.69 Å². The van der Waals surface area contributed by atoms with Gasteiger partial charge in [-0.25, -0.2) is 0 Å². The van der Waals surface area contributed by atoms with Gasteiger partial charge >= 0.3 is 0 Å². The van der Waals surface area contributed by atoms with Gasteiger partial charge in [-0.3, -0.25) is 0 Å². The Labute approximate surface area is 129 Å². The first-order valence-electron chi connectivity index (χ1n) is 7.49. The van der Waals surface area contributed by atoms with Gasteiger partial charge in [-0.15, -0.1) is 0 Å². The standard InChI is InChI=1S/C19H22NP/c1-13(2)16-9-5-6-10-17(16)19-14(3)12-15-8-4-7-11-18(15)20(19)21/h4-13,19H,21H2,1-3H3. The average Bonchev–Trinajstić information content (AvgIpc) is 2.47. The zero-order chi connectivity index (χ0) is 15.0. The summed E-state index contributed by atoms with van der Waals surface area (Å²) in [5.41, 5.74) is 6.80. The van der Waals surface area contributed by atoms with Crippen molar-refractivity contribution in [3.05, 3.63) is 70.8 Å². The smallest absolute Gasteiger partial charge is 0.0790 e. The maximum absolute atomic E-state index is 2.92. The van der Waals surface area contributed by atoms with Crippen molar-refractivity contribution in [2.24, 2.45) is 0 Å². The van der Waals surface area contributed by atoms with Gasteiger partial charge in [0.2, 0.25) is 0 Å². The Balaban J connectivity index is 2.13. The molecule has 0 amide bonds. The number of hydrogen-bond acceptors (Lipinski definition) is 1. The van der Waals surface area contributed by atoms with Crippen molar-refractivity contribution < 1.29 is 0 Å². The zero-order valence-corrected chi connectivity index (χ0v) is 14.0. The van der Waals surface area contributed by atoms with Crippen LogP contribution >= 0.6 is 9.39 Å². The van der Waals surface area contributed by atoms with Crippen LogP contribution in [0.2, 0.25) is 0 Å². The van der Waals surface area contributed by atoms with Crippen LogP contribution in [0.1, 0.15) is 49.4 Å². The molecule has 0 saturated heterocycles. The quantitative estimate of drug-likeness (QED) is 0.655. The lowest BCUT2D eigenvalue weighted by Gasteiger charge is -2.37. The molecule has 3 rings (SSSR count). The summed E-state index contributed by atoms with van der Waals surface area (Å²) in [4.78, 5) is 0. The molecule has 108 valence electrons. The van der Waals surface area contributed by atoms with Gasteiger partial charge in [0.1, 0.15) is 0 Å². The van der Waals surface area contributed by atoms with Crippen LogP contribution in [0.4, 0.5) is 5.69 Å². The Morgan fingerprint density at radius 1 is 1.00 bits per heavy atom. The molecule has 1 aliphatic heterocycles. The van der Waals surface area contributed by atoms with Crippen molar-refractivity contribution in [2.75, 3.05) is 4.67 Å². The van der Waals surface area contributed by atoms with Gasteiger partial charge in [-0.1, -0.05) is 62.4 Å². The first-order chi connectivity index (χ1) is 10.1. The van der Waals surface area contributed by atoms with Gasteiger partial charge in [0.05, 0.1) is 6.04 Å². The molecule has 0 bridgehead atoms. The predicted molar refractivity (Wildman–Crippen MR) is 95.6 cm³/mol. The van der Waals surface area contributed by atoms with Gasteiger partial charge < -0.3 is 4.67 Å². The van der Waals surface area contributed by atoms with Gasteiger partial charge in [0.25, 0.3) is 0 Å². The summed E-state index contributed by atoms with van der Waals surface area (Å²) >= 11 is 0. The molecular weight excluding hydrogens is 273 g/mol. The van der Waals surface area contributed by atoms with Crippen LogP contribution in [-0.4, -0.2) is 0 Å². The molecule has 2 unspecified atom stereocenters. The van der Waals surface area contributed by atoms with Crippen molar-refractivity contribution in [3.63, 3.8) is 0 Å². The van der Waals surface area contributed by atoms with Crippen molar-refractivity contribution in [1.29, 1.82) is 0 Å². The number of rotatable bonds is 2. The number of anilines is 1. The van der Waals surface area contributed by atoms with E-state index in [-0.39, 0.29) is 0 Å². The van der Waals surface area contributed by atoms with Crippen LogP contribution in [-0.2, 0) is 0 Å². The molecule has 2 aromatic rings. The molecule has 0 N–H and O–H groups in total. The topological polar surface area (TPSA) is 3.24 Å². The van der Waals surface area contributed by atoms with E-state index >= 15 is 0 Å². The number of nitrogens with zero attached hydrogens (tertiary/aromatic N) is 1. The first-order valence-corrected chi connectivity index (χ1v) is 8.01. The van der Waals surface area contributed by atoms with E-state index in [2.05, 4.69) is 89.4 Å². The highest BCUT2D eigenvalue weighted by Crippen LogP contribution is 2.44. The summed E-state index contributed by atoms with van der Waals surface area (Å²) in [6.07, 6.45) is 2.32. The summed E-state index contributed by atoms with van der Waals surface area (Å²) in [5, 5.41) is 0. The lowest BCUT2D eigenvalue weighted by molar-refractivity contribution is 0.784. The van der Waals surface area contributed by atoms with E-state index in [9.17, 15) is 0 Å². The second-order valence-corrected chi connectivity index (χ2v) is 6.60. The third kappa shape index (κ3) is 2.51. The number of para-hydroxylation sites is 1. The molecule has 0 spiro atoms. The second-order valence-electron chi connectivity index (χ2n) is 6.04. The number of hydrogen-bond donors (Lipinski definition) is 0. The van der Waals surface area contributed by atoms with E-state index in [0.717, 1.165) is 0 Å². The minimum absolute atomic E-state index is 0.295. The summed E-state index contributed by atoms with van der Waals surface area (Å²) in [7, 11) is 2.92. The highest BCUT2D eigenvalue weighted by Gasteiger charge is 2.27. The molecule has 0 saturated carbocycles. The molecule has 1 nitrogen and oxygen atoms in total. The fourth-order valence-electron chi connectivity index (χ4n) is 3.21. The molecule has 0 aromatic heterocycles. The molecule has 0 aliphatic carbocycles. The Morgan fingerprint density at radius 2 is 1.67 bits per heavy atom. The van der Waals surface area contributed by atoms with E-state index in [1.54, 1.807) is 0 Å². The van der Waals surface area contributed by atoms with Crippen LogP contribution in [0.3, 0.4) is 0 Å². The highest BCUT2D eigenvalue weighted by atomic mass is 31.0. The van der Waals surface area contributed by atoms with Crippen LogP contribution < -0.4 is 4.67 Å². The zero-order valence-electron chi connectivity index (χ0n) is 12.9. The monoisotopic (exact) mass is 295 g/mol. The minimum atomic E-state index is 0.295. The third-order valence-corrected chi connectivity index (χ3v) is 4.80. The third-order valence-electron chi connectivity index (χ3n) is 4.22. The highest BCUT2D eigenvalue weighted by molar-refractivity contribution is 7.19. The van der Waals surface area contributed by atoms with Crippen LogP contribution in [0.15, 0.2) is 54.1 Å². The van der Waals surface area contributed by atoms with Crippen molar-refractivity contribution in [2.45, 2.75) is 32.7 Å². The molecule has 1 heterocycles. The lowest BCUT2D eigenvalue weighted by Crippen LogP contribution is -2.24. The molecule has 21 heavy (non-hydrogen) atoms. The normalized spacial score (nSPS) is 17.7. The van der Waals surface area contributed by atoms with Crippen LogP contribution in [0.25, 0.3) is 6.08 Å². The van der Waals surface area contributed by atoms with Gasteiger partial charge in [-0.05, 0) is 50.6 Å². The summed E-state index contributed by atoms with van der Waals surface area (Å²) < 4.78 is 2.33. The van der Waals surface area contributed by atoms with Crippen LogP contribution in [0, 0.1) is 0 Å². The van der Waals surface area contributed by atoms with E-state index in [4.69, 9.17) is 0 Å². The molecular formula is C19H22NP. The fourth-order valence-corrected chi connectivity index (χ4v) is 3.84. The second kappa shape index (κ2) is 5.66. The van der Waals surface area contributed by atoms with Gasteiger partial charge in [-0.2, -0.15) is 0 Å². The number of benzene rings is 2. The largest absolute Gasteiger partial charge is 0.344 e. The van der Waals surface area contributed by atoms with Gasteiger partial charge in [0.15, 0.2) is 0 Å². The molecule has 2 aromatic carbocycles. The maximum Gasteiger partial charge on any atom is 0.0790 e. The number of fused-ring (bicyclic) bond motifs is 1. The lowest BCUT2D eigenvalue weighted by atomic mass is 9.87. The van der Waals surface area contributed by atoms with E-state index in [0.29, 0.717) is 12.0 Å². The van der Waals surface area contributed by atoms with E-state index < -0.39 is 0 Å². The Morgan fingerprint density at radius 3 is 2.43 bits per heavy atom. The van der Waals surface area contributed by atoms with E-state index in [1.165, 1.54) is 28.0 Å². The van der Waals surface area contributed by atoms with E-state index in [1.807, 2.05) is 0 Å². The molecule has 2 atom stereocenters. The molecule has 0 radical (unpaired) electrons. The van der Waals surface area contributed by atoms with Crippen LogP contribution in [0.5, 0.6) is 0 Å². The molecule has 1 aliphatic rings. The first kappa shape index (κ1) is 14.4. The summed E-state index contributed by atoms with van der Waals surface area (Å²) in [5.74, 6) is 0.532. The molecule has 2 heteroatoms. The summed E-state index contributed by atoms with van der Waals surface area (Å²) in [6, 6.07) is 17.7. The van der Waals surface area contributed by atoms with Crippen molar-refractivity contribution in [1.82, 2.24) is 0 Å². The average molecular weight is 295 g/mol. The van der Waals surface area contributed by atoms with Crippen molar-refractivity contribution >= 4 is 21.2 Å². The predicted octanol–water partition coefficient (Wildman–Crippen LogP) is 5.56. The Hall–Kier alpha value is -1.59.